The van der Waals surface area contributed by atoms with Gasteiger partial charge in [-0.2, -0.15) is 0 Å². The van der Waals surface area contributed by atoms with Gasteiger partial charge < -0.3 is 20.3 Å². The predicted molar refractivity (Wildman–Crippen MR) is 81.3 cm³/mol. The van der Waals surface area contributed by atoms with Crippen molar-refractivity contribution in [2.75, 3.05) is 33.9 Å². The van der Waals surface area contributed by atoms with Crippen LogP contribution in [0.1, 0.15) is 5.56 Å². The van der Waals surface area contributed by atoms with Crippen LogP contribution >= 0.6 is 0 Å². The number of aromatic nitrogens is 1. The average Bonchev–Trinajstić information content (AvgIpc) is 2.92. The van der Waals surface area contributed by atoms with E-state index in [1.165, 1.54) is 10.5 Å². The quantitative estimate of drug-likeness (QED) is 0.804. The second-order valence-corrected chi connectivity index (χ2v) is 5.58. The lowest BCUT2D eigenvalue weighted by Gasteiger charge is -2.19. The summed E-state index contributed by atoms with van der Waals surface area (Å²) in [7, 11) is 3.26. The Morgan fingerprint density at radius 1 is 1.32 bits per heavy atom. The Bertz CT molecular complexity index is 507. The van der Waals surface area contributed by atoms with E-state index < -0.39 is 0 Å². The fourth-order valence-electron chi connectivity index (χ4n) is 2.35. The number of ether oxygens (including phenoxy) is 1. The molecule has 2 heterocycles. The maximum atomic E-state index is 11.9. The zero-order valence-electron chi connectivity index (χ0n) is 12.9. The molecule has 2 atom stereocenters. The molecule has 2 rings (SSSR count). The Balaban J connectivity index is 1.81. The predicted octanol–water partition coefficient (Wildman–Crippen LogP) is 0.0265. The summed E-state index contributed by atoms with van der Waals surface area (Å²) in [6, 6.07) is 3.62. The monoisotopic (exact) mass is 306 g/mol. The van der Waals surface area contributed by atoms with E-state index in [4.69, 9.17) is 4.74 Å². The summed E-state index contributed by atoms with van der Waals surface area (Å²) in [5.41, 5.74) is 1.17. The average molecular weight is 306 g/mol. The first-order valence-corrected chi connectivity index (χ1v) is 7.27. The molecule has 7 nitrogen and oxygen atoms in total. The molecule has 1 aliphatic heterocycles. The van der Waals surface area contributed by atoms with Gasteiger partial charge in [-0.25, -0.2) is 4.79 Å². The summed E-state index contributed by atoms with van der Waals surface area (Å²) < 4.78 is 5.48. The van der Waals surface area contributed by atoms with Crippen molar-refractivity contribution in [3.63, 3.8) is 0 Å². The fraction of sp³-hybridized carbons (Fsp3) is 0.533. The third kappa shape index (κ3) is 4.70. The standard InChI is InChI=1S/C15H22N4O3/c1-19(2)15(21)17-8-14(20)18-13-10-22-9-12(13)7-11-3-5-16-6-4-11/h3-6,12-13H,7-10H2,1-2H3,(H,17,21)(H,18,20)/t12-,13-/m1/s1. The van der Waals surface area contributed by atoms with E-state index in [-0.39, 0.29) is 30.4 Å². The van der Waals surface area contributed by atoms with E-state index >= 15 is 0 Å². The summed E-state index contributed by atoms with van der Waals surface area (Å²) in [4.78, 5) is 28.7. The van der Waals surface area contributed by atoms with Gasteiger partial charge in [0.15, 0.2) is 0 Å². The molecule has 120 valence electrons. The summed E-state index contributed by atoms with van der Waals surface area (Å²) in [6.45, 7) is 1.09. The number of pyridine rings is 1. The molecular formula is C15H22N4O3. The zero-order chi connectivity index (χ0) is 15.9. The highest BCUT2D eigenvalue weighted by atomic mass is 16.5. The van der Waals surface area contributed by atoms with Crippen molar-refractivity contribution in [2.24, 2.45) is 5.92 Å². The minimum atomic E-state index is -0.286. The van der Waals surface area contributed by atoms with Gasteiger partial charge in [0.05, 0.1) is 25.8 Å². The van der Waals surface area contributed by atoms with E-state index in [9.17, 15) is 9.59 Å². The van der Waals surface area contributed by atoms with Gasteiger partial charge in [0.25, 0.3) is 0 Å². The molecule has 0 aliphatic carbocycles. The maximum absolute atomic E-state index is 11.9. The largest absolute Gasteiger partial charge is 0.379 e. The van der Waals surface area contributed by atoms with E-state index in [1.807, 2.05) is 12.1 Å². The van der Waals surface area contributed by atoms with Crippen molar-refractivity contribution >= 4 is 11.9 Å². The third-order valence-electron chi connectivity index (χ3n) is 3.60. The number of nitrogens with one attached hydrogen (secondary N) is 2. The second-order valence-electron chi connectivity index (χ2n) is 5.58. The zero-order valence-corrected chi connectivity index (χ0v) is 12.9. The number of nitrogens with zero attached hydrogens (tertiary/aromatic N) is 2. The molecular weight excluding hydrogens is 284 g/mol. The highest BCUT2D eigenvalue weighted by molar-refractivity contribution is 5.83. The number of hydrogen-bond acceptors (Lipinski definition) is 4. The van der Waals surface area contributed by atoms with Crippen LogP contribution in [0.15, 0.2) is 24.5 Å². The van der Waals surface area contributed by atoms with Gasteiger partial charge in [0.2, 0.25) is 5.91 Å². The molecule has 1 aromatic rings. The third-order valence-corrected chi connectivity index (χ3v) is 3.60. The van der Waals surface area contributed by atoms with Gasteiger partial charge in [-0.1, -0.05) is 0 Å². The minimum Gasteiger partial charge on any atom is -0.379 e. The maximum Gasteiger partial charge on any atom is 0.317 e. The Morgan fingerprint density at radius 2 is 2.05 bits per heavy atom. The molecule has 0 saturated carbocycles. The Morgan fingerprint density at radius 3 is 2.73 bits per heavy atom. The first-order valence-electron chi connectivity index (χ1n) is 7.27. The molecule has 0 spiro atoms. The Kier molecular flexibility index (Phi) is 5.71. The van der Waals surface area contributed by atoms with Crippen LogP contribution in [0.2, 0.25) is 0 Å². The van der Waals surface area contributed by atoms with E-state index in [0.717, 1.165) is 6.42 Å². The molecule has 7 heteroatoms. The number of amides is 3. The summed E-state index contributed by atoms with van der Waals surface area (Å²) in [6.07, 6.45) is 4.35. The molecule has 0 bridgehead atoms. The van der Waals surface area contributed by atoms with E-state index in [1.54, 1.807) is 26.5 Å². The first kappa shape index (κ1) is 16.2. The lowest BCUT2D eigenvalue weighted by atomic mass is 9.95. The van der Waals surface area contributed by atoms with Crippen LogP contribution in [0, 0.1) is 5.92 Å². The fourth-order valence-corrected chi connectivity index (χ4v) is 2.35. The van der Waals surface area contributed by atoms with Gasteiger partial charge >= 0.3 is 6.03 Å². The molecule has 0 aromatic carbocycles. The highest BCUT2D eigenvalue weighted by Gasteiger charge is 2.29. The van der Waals surface area contributed by atoms with Crippen LogP contribution in [-0.2, 0) is 16.0 Å². The van der Waals surface area contributed by atoms with Crippen molar-refractivity contribution in [2.45, 2.75) is 12.5 Å². The number of rotatable bonds is 5. The van der Waals surface area contributed by atoms with Crippen LogP contribution in [-0.4, -0.2) is 61.7 Å². The van der Waals surface area contributed by atoms with Crippen LogP contribution in [0.5, 0.6) is 0 Å². The second kappa shape index (κ2) is 7.74. The van der Waals surface area contributed by atoms with Crippen LogP contribution in [0.4, 0.5) is 4.79 Å². The van der Waals surface area contributed by atoms with Crippen molar-refractivity contribution in [1.82, 2.24) is 20.5 Å². The lowest BCUT2D eigenvalue weighted by molar-refractivity contribution is -0.121. The van der Waals surface area contributed by atoms with Crippen molar-refractivity contribution in [3.8, 4) is 0 Å². The number of hydrogen-bond donors (Lipinski definition) is 2. The SMILES string of the molecule is CN(C)C(=O)NCC(=O)N[C@@H]1COC[C@H]1Cc1ccncc1. The van der Waals surface area contributed by atoms with Gasteiger partial charge in [-0.05, 0) is 24.1 Å². The lowest BCUT2D eigenvalue weighted by Crippen LogP contribution is -2.47. The van der Waals surface area contributed by atoms with Crippen LogP contribution in [0.3, 0.4) is 0 Å². The molecule has 0 radical (unpaired) electrons. The molecule has 1 fully saturated rings. The molecule has 2 N–H and O–H groups in total. The summed E-state index contributed by atoms with van der Waals surface area (Å²) >= 11 is 0. The molecule has 1 aromatic heterocycles. The van der Waals surface area contributed by atoms with E-state index in [0.29, 0.717) is 13.2 Å². The molecule has 1 aliphatic rings. The van der Waals surface area contributed by atoms with Crippen molar-refractivity contribution in [1.29, 1.82) is 0 Å². The van der Waals surface area contributed by atoms with Crippen molar-refractivity contribution in [3.05, 3.63) is 30.1 Å². The van der Waals surface area contributed by atoms with Gasteiger partial charge in [-0.15, -0.1) is 0 Å². The Hall–Kier alpha value is -2.15. The van der Waals surface area contributed by atoms with Gasteiger partial charge in [0.1, 0.15) is 0 Å². The summed E-state index contributed by atoms with van der Waals surface area (Å²) in [5, 5.41) is 5.48. The topological polar surface area (TPSA) is 83.6 Å². The van der Waals surface area contributed by atoms with Gasteiger partial charge in [0, 0.05) is 32.4 Å². The van der Waals surface area contributed by atoms with Crippen molar-refractivity contribution < 1.29 is 14.3 Å². The van der Waals surface area contributed by atoms with Gasteiger partial charge in [-0.3, -0.25) is 9.78 Å². The molecule has 0 unspecified atom stereocenters. The number of urea groups is 1. The molecule has 1 saturated heterocycles. The minimum absolute atomic E-state index is 0.0306. The van der Waals surface area contributed by atoms with Crippen LogP contribution in [0.25, 0.3) is 0 Å². The smallest absolute Gasteiger partial charge is 0.317 e. The molecule has 3 amide bonds. The number of carbonyl (C=O) groups is 2. The highest BCUT2D eigenvalue weighted by Crippen LogP contribution is 2.18. The first-order chi connectivity index (χ1) is 10.6. The normalized spacial score (nSPS) is 20.5. The van der Waals surface area contributed by atoms with Crippen LogP contribution < -0.4 is 10.6 Å². The Labute approximate surface area is 130 Å². The summed E-state index contributed by atoms with van der Waals surface area (Å²) in [5.74, 6) is 0.0290. The number of carbonyl (C=O) groups excluding carboxylic acids is 2. The van der Waals surface area contributed by atoms with E-state index in [2.05, 4.69) is 15.6 Å². The molecule has 22 heavy (non-hydrogen) atoms.